The summed E-state index contributed by atoms with van der Waals surface area (Å²) in [6.45, 7) is 1.99. The van der Waals surface area contributed by atoms with E-state index in [0.717, 1.165) is 61.5 Å². The fraction of sp³-hybridized carbons (Fsp3) is 0.0294. The van der Waals surface area contributed by atoms with Crippen LogP contribution >= 0.6 is 0 Å². The second-order valence-corrected chi connectivity index (χ2v) is 9.77. The molecule has 0 aliphatic heterocycles. The Labute approximate surface area is 229 Å². The third kappa shape index (κ3) is 5.06. The molecule has 6 rings (SSSR count). The Balaban J connectivity index is 1.45. The molecule has 0 amide bonds. The van der Waals surface area contributed by atoms with E-state index in [0.29, 0.717) is 0 Å². The van der Waals surface area contributed by atoms with Crippen molar-refractivity contribution in [3.05, 3.63) is 139 Å². The zero-order valence-corrected chi connectivity index (χ0v) is 22.2. The van der Waals surface area contributed by atoms with Crippen LogP contribution in [0, 0.1) is 6.92 Å². The second kappa shape index (κ2) is 10.9. The SMILES string of the molecule is Cc1ccc2cccc([O][Al][O]c3c(-c4ccccc4)cc(-c4ccccc4)cc3-c3ccccc3)c2n1. The molecule has 1 aromatic heterocycles. The molecule has 0 aliphatic carbocycles. The van der Waals surface area contributed by atoms with Crippen LogP contribution in [0.1, 0.15) is 5.69 Å². The molecule has 0 saturated carbocycles. The van der Waals surface area contributed by atoms with Crippen LogP contribution in [0.15, 0.2) is 133 Å². The maximum absolute atomic E-state index is 6.58. The summed E-state index contributed by atoms with van der Waals surface area (Å²) in [7, 11) is 0. The largest absolute Gasteiger partial charge is 0.881 e. The Kier molecular flexibility index (Phi) is 6.92. The molecule has 3 nitrogen and oxygen atoms in total. The Bertz CT molecular complexity index is 1630. The Morgan fingerprint density at radius 1 is 0.526 bits per heavy atom. The number of rotatable bonds is 7. The van der Waals surface area contributed by atoms with Crippen molar-refractivity contribution in [1.29, 1.82) is 0 Å². The van der Waals surface area contributed by atoms with Gasteiger partial charge in [-0.25, -0.2) is 4.98 Å². The molecule has 0 saturated heterocycles. The van der Waals surface area contributed by atoms with Gasteiger partial charge in [0.2, 0.25) is 0 Å². The third-order valence-corrected chi connectivity index (χ3v) is 7.21. The van der Waals surface area contributed by atoms with Crippen LogP contribution in [0.2, 0.25) is 0 Å². The van der Waals surface area contributed by atoms with Crippen molar-refractivity contribution >= 4 is 26.8 Å². The van der Waals surface area contributed by atoms with Gasteiger partial charge in [0.05, 0.1) is 5.75 Å². The molecular weight excluding hydrogens is 481 g/mol. The maximum Gasteiger partial charge on any atom is 0.881 e. The summed E-state index contributed by atoms with van der Waals surface area (Å²) in [5.41, 5.74) is 8.38. The number of para-hydroxylation sites is 1. The summed E-state index contributed by atoms with van der Waals surface area (Å²) in [5.74, 6) is 1.56. The zero-order valence-electron chi connectivity index (χ0n) is 21.0. The smallest absolute Gasteiger partial charge is 0.615 e. The molecule has 0 unspecified atom stereocenters. The summed E-state index contributed by atoms with van der Waals surface area (Å²) in [6, 6.07) is 45.8. The molecule has 181 valence electrons. The quantitative estimate of drug-likeness (QED) is 0.203. The highest BCUT2D eigenvalue weighted by Gasteiger charge is 2.19. The number of nitrogens with zero attached hydrogens (tertiary/aromatic N) is 1. The molecule has 0 fully saturated rings. The van der Waals surface area contributed by atoms with Crippen LogP contribution in [-0.4, -0.2) is 20.9 Å². The minimum atomic E-state index is -0.850. The van der Waals surface area contributed by atoms with E-state index >= 15 is 0 Å². The van der Waals surface area contributed by atoms with Gasteiger partial charge in [-0.3, -0.25) is 0 Å². The predicted octanol–water partition coefficient (Wildman–Crippen LogP) is 8.54. The molecule has 0 spiro atoms. The van der Waals surface area contributed by atoms with Gasteiger partial charge >= 0.3 is 15.9 Å². The number of fused-ring (bicyclic) bond motifs is 1. The van der Waals surface area contributed by atoms with Crippen molar-refractivity contribution in [1.82, 2.24) is 4.98 Å². The van der Waals surface area contributed by atoms with E-state index in [2.05, 4.69) is 91.0 Å². The van der Waals surface area contributed by atoms with Gasteiger partial charge in [0.1, 0.15) is 11.3 Å². The van der Waals surface area contributed by atoms with E-state index in [1.165, 1.54) is 0 Å². The molecule has 0 atom stereocenters. The predicted molar refractivity (Wildman–Crippen MR) is 156 cm³/mol. The van der Waals surface area contributed by atoms with E-state index in [9.17, 15) is 0 Å². The molecule has 0 aliphatic rings. The first kappa shape index (κ1) is 24.0. The Morgan fingerprint density at radius 3 is 1.71 bits per heavy atom. The van der Waals surface area contributed by atoms with Crippen molar-refractivity contribution in [2.45, 2.75) is 6.92 Å². The van der Waals surface area contributed by atoms with E-state index in [4.69, 9.17) is 12.6 Å². The van der Waals surface area contributed by atoms with Gasteiger partial charge in [-0.1, -0.05) is 109 Å². The summed E-state index contributed by atoms with van der Waals surface area (Å²) >= 11 is -0.850. The van der Waals surface area contributed by atoms with Gasteiger partial charge in [-0.2, -0.15) is 0 Å². The van der Waals surface area contributed by atoms with Crippen LogP contribution in [0.25, 0.3) is 44.3 Å². The molecule has 4 heteroatoms. The Morgan fingerprint density at radius 2 is 1.11 bits per heavy atom. The molecule has 5 aromatic carbocycles. The average Bonchev–Trinajstić information content (AvgIpc) is 2.98. The zero-order chi connectivity index (χ0) is 25.7. The summed E-state index contributed by atoms with van der Waals surface area (Å²) in [4.78, 5) is 4.71. The molecule has 0 N–H and O–H groups in total. The lowest BCUT2D eigenvalue weighted by Crippen LogP contribution is -2.13. The van der Waals surface area contributed by atoms with Gasteiger partial charge in [0.25, 0.3) is 0 Å². The maximum atomic E-state index is 6.58. The lowest BCUT2D eigenvalue weighted by Gasteiger charge is -2.20. The number of hydrogen-bond acceptors (Lipinski definition) is 3. The molecule has 1 radical (unpaired) electrons. The number of pyridine rings is 1. The van der Waals surface area contributed by atoms with Crippen LogP contribution in [0.5, 0.6) is 11.5 Å². The molecule has 0 bridgehead atoms. The van der Waals surface area contributed by atoms with Crippen molar-refractivity contribution in [2.75, 3.05) is 0 Å². The van der Waals surface area contributed by atoms with Crippen molar-refractivity contribution in [3.8, 4) is 44.9 Å². The first-order chi connectivity index (χ1) is 18.8. The highest BCUT2D eigenvalue weighted by molar-refractivity contribution is 6.22. The van der Waals surface area contributed by atoms with E-state index in [1.807, 2.05) is 49.4 Å². The second-order valence-electron chi connectivity index (χ2n) is 9.11. The number of aryl methyl sites for hydroxylation is 1. The average molecular weight is 507 g/mol. The summed E-state index contributed by atoms with van der Waals surface area (Å²) < 4.78 is 12.9. The minimum Gasteiger partial charge on any atom is -0.615 e. The molecule has 38 heavy (non-hydrogen) atoms. The van der Waals surface area contributed by atoms with Gasteiger partial charge < -0.3 is 7.58 Å². The van der Waals surface area contributed by atoms with Crippen LogP contribution < -0.4 is 7.58 Å². The van der Waals surface area contributed by atoms with Gasteiger partial charge in [-0.15, -0.1) is 0 Å². The monoisotopic (exact) mass is 506 g/mol. The molecular formula is C34H25AlNO2. The minimum absolute atomic E-state index is 0.740. The van der Waals surface area contributed by atoms with Gasteiger partial charge in [0.15, 0.2) is 0 Å². The first-order valence-electron chi connectivity index (χ1n) is 12.6. The highest BCUT2D eigenvalue weighted by atomic mass is 27.2. The third-order valence-electron chi connectivity index (χ3n) is 6.53. The Hall–Kier alpha value is -4.36. The van der Waals surface area contributed by atoms with Crippen LogP contribution in [0.3, 0.4) is 0 Å². The highest BCUT2D eigenvalue weighted by Crippen LogP contribution is 2.42. The lowest BCUT2D eigenvalue weighted by atomic mass is 9.92. The van der Waals surface area contributed by atoms with Crippen LogP contribution in [-0.2, 0) is 0 Å². The van der Waals surface area contributed by atoms with Crippen molar-refractivity contribution < 1.29 is 7.58 Å². The van der Waals surface area contributed by atoms with Gasteiger partial charge in [-0.05, 0) is 53.4 Å². The first-order valence-corrected chi connectivity index (χ1v) is 13.6. The van der Waals surface area contributed by atoms with Crippen LogP contribution in [0.4, 0.5) is 0 Å². The summed E-state index contributed by atoms with van der Waals surface area (Å²) in [5, 5.41) is 1.05. The normalized spacial score (nSPS) is 10.8. The standard InChI is InChI=1S/C24H18O.C10H9NO.Al/c25-24-22(19-12-6-2-7-13-19)16-21(18-10-4-1-5-11-18)17-23(24)20-14-8-3-9-15-20;1-7-5-6-8-3-2-4-9(12)10(8)11-7;/h1-17,25H;2-6,12H,1H3;/q;;+2/p-2. The molecule has 1 heterocycles. The fourth-order valence-electron chi connectivity index (χ4n) is 4.65. The summed E-state index contributed by atoms with van der Waals surface area (Å²) in [6.07, 6.45) is 0. The molecule has 6 aromatic rings. The number of hydrogen-bond donors (Lipinski definition) is 0. The number of aromatic nitrogens is 1. The van der Waals surface area contributed by atoms with Crippen molar-refractivity contribution in [2.24, 2.45) is 0 Å². The van der Waals surface area contributed by atoms with E-state index < -0.39 is 15.9 Å². The van der Waals surface area contributed by atoms with E-state index in [-0.39, 0.29) is 0 Å². The lowest BCUT2D eigenvalue weighted by molar-refractivity contribution is 0.463. The van der Waals surface area contributed by atoms with E-state index in [1.54, 1.807) is 0 Å². The van der Waals surface area contributed by atoms with Gasteiger partial charge in [0, 0.05) is 22.2 Å². The van der Waals surface area contributed by atoms with Crippen molar-refractivity contribution in [3.63, 3.8) is 0 Å². The fourth-order valence-corrected chi connectivity index (χ4v) is 5.35. The topological polar surface area (TPSA) is 31.4 Å². The number of benzene rings is 5.